The zero-order chi connectivity index (χ0) is 28.5. The van der Waals surface area contributed by atoms with Gasteiger partial charge in [0.2, 0.25) is 0 Å². The molecule has 1 heterocycles. The lowest BCUT2D eigenvalue weighted by molar-refractivity contribution is 0.0735. The van der Waals surface area contributed by atoms with Gasteiger partial charge in [-0.25, -0.2) is 4.79 Å². The second kappa shape index (κ2) is 13.0. The van der Waals surface area contributed by atoms with Gasteiger partial charge >= 0.3 is 5.97 Å². The van der Waals surface area contributed by atoms with Gasteiger partial charge in [0.25, 0.3) is 20.2 Å². The molecule has 3 aromatic carbocycles. The first-order chi connectivity index (χ1) is 17.6. The number of hydrogen-bond acceptors (Lipinski definition) is 10. The van der Waals surface area contributed by atoms with E-state index in [0.29, 0.717) is 29.4 Å². The molecule has 0 saturated carbocycles. The molecule has 204 valence electrons. The molecule has 0 atom stereocenters. The van der Waals surface area contributed by atoms with Crippen molar-refractivity contribution in [3.8, 4) is 5.75 Å². The molecule has 0 aromatic heterocycles. The van der Waals surface area contributed by atoms with Crippen molar-refractivity contribution in [2.45, 2.75) is 0 Å². The Morgan fingerprint density at radius 3 is 2.00 bits per heavy atom. The number of nitrogen functional groups attached to an aromatic ring is 1. The second-order valence-electron chi connectivity index (χ2n) is 7.90. The lowest BCUT2D eigenvalue weighted by atomic mass is 10.1. The summed E-state index contributed by atoms with van der Waals surface area (Å²) in [7, 11) is -7.33. The van der Waals surface area contributed by atoms with Crippen LogP contribution in [0.25, 0.3) is 10.8 Å². The summed E-state index contributed by atoms with van der Waals surface area (Å²) in [4.78, 5) is 16.6. The predicted molar refractivity (Wildman–Crippen MR) is 145 cm³/mol. The molecule has 0 unspecified atom stereocenters. The molecule has 0 spiro atoms. The Kier molecular flexibility index (Phi) is 10.3. The minimum atomic E-state index is -3.67. The maximum absolute atomic E-state index is 12.4. The van der Waals surface area contributed by atoms with E-state index in [9.17, 15) is 21.6 Å². The Labute approximate surface area is 219 Å². The lowest BCUT2D eigenvalue weighted by Crippen LogP contribution is -2.26. The quantitative estimate of drug-likeness (QED) is 0.0992. The Balaban J connectivity index is 0.000000435. The van der Waals surface area contributed by atoms with Gasteiger partial charge in [-0.2, -0.15) is 16.8 Å². The highest BCUT2D eigenvalue weighted by molar-refractivity contribution is 7.85. The maximum Gasteiger partial charge on any atom is 0.343 e. The lowest BCUT2D eigenvalue weighted by Gasteiger charge is -2.16. The zero-order valence-corrected chi connectivity index (χ0v) is 22.0. The zero-order valence-electron chi connectivity index (χ0n) is 20.4. The van der Waals surface area contributed by atoms with E-state index in [1.54, 1.807) is 36.7 Å². The molecule has 0 aliphatic carbocycles. The second-order valence-corrected chi connectivity index (χ2v) is 10.8. The van der Waals surface area contributed by atoms with E-state index in [1.165, 1.54) is 0 Å². The van der Waals surface area contributed by atoms with Gasteiger partial charge in [0.05, 0.1) is 36.9 Å². The molecule has 15 heteroatoms. The van der Waals surface area contributed by atoms with E-state index in [4.69, 9.17) is 25.0 Å². The number of nitrogens with zero attached hydrogens (tertiary/aromatic N) is 2. The molecule has 13 nitrogen and oxygen atoms in total. The molecule has 6 N–H and O–H groups in total. The van der Waals surface area contributed by atoms with Gasteiger partial charge in [-0.05, 0) is 53.2 Å². The average Bonchev–Trinajstić information content (AvgIpc) is 3.30. The van der Waals surface area contributed by atoms with Crippen LogP contribution < -0.4 is 15.9 Å². The Hall–Kier alpha value is -4.05. The number of aliphatic imine (C=N–C) groups is 1. The Morgan fingerprint density at radius 2 is 1.47 bits per heavy atom. The molecule has 1 aliphatic rings. The third kappa shape index (κ3) is 11.8. The number of anilines is 1. The Morgan fingerprint density at radius 1 is 0.947 bits per heavy atom. The number of ether oxygens (including phenoxy) is 1. The first kappa shape index (κ1) is 30.2. The molecule has 0 bridgehead atoms. The fourth-order valence-corrected chi connectivity index (χ4v) is 2.93. The normalized spacial score (nSPS) is 12.6. The number of hydrazine groups is 1. The fraction of sp³-hybridized carbons (Fsp3) is 0.174. The summed E-state index contributed by atoms with van der Waals surface area (Å²) >= 11 is 0. The number of carbonyl (C=O) groups excluding carboxylic acids is 1. The number of hydrogen-bond donors (Lipinski definition) is 5. The van der Waals surface area contributed by atoms with Crippen molar-refractivity contribution in [2.24, 2.45) is 10.7 Å². The number of benzene rings is 3. The molecule has 0 amide bonds. The highest BCUT2D eigenvalue weighted by Gasteiger charge is 2.11. The minimum absolute atomic E-state index is 0.0207. The molecule has 0 radical (unpaired) electrons. The third-order valence-corrected chi connectivity index (χ3v) is 4.42. The van der Waals surface area contributed by atoms with E-state index >= 15 is 0 Å². The van der Waals surface area contributed by atoms with Gasteiger partial charge < -0.3 is 10.5 Å². The van der Waals surface area contributed by atoms with E-state index in [-0.39, 0.29) is 5.84 Å². The van der Waals surface area contributed by atoms with Crippen molar-refractivity contribution in [3.63, 3.8) is 0 Å². The highest BCUT2D eigenvalue weighted by Crippen LogP contribution is 2.23. The Bertz CT molecular complexity index is 1490. The van der Waals surface area contributed by atoms with Gasteiger partial charge in [0.1, 0.15) is 17.9 Å². The monoisotopic (exact) mass is 565 g/mol. The summed E-state index contributed by atoms with van der Waals surface area (Å²) in [6, 6.07) is 17.9. The topological polar surface area (TPSA) is 213 Å². The van der Waals surface area contributed by atoms with Crippen molar-refractivity contribution in [1.29, 1.82) is 5.41 Å². The number of nitrogens with two attached hydrogens (primary N) is 1. The number of esters is 1. The predicted octanol–water partition coefficient (Wildman–Crippen LogP) is 2.02. The summed E-state index contributed by atoms with van der Waals surface area (Å²) in [5.74, 6) is 0.0601. The number of carbonyl (C=O) groups is 1. The summed E-state index contributed by atoms with van der Waals surface area (Å²) in [6.45, 7) is 1.60. The summed E-state index contributed by atoms with van der Waals surface area (Å²) in [5.41, 5.74) is 10.7. The van der Waals surface area contributed by atoms with Crippen molar-refractivity contribution < 1.29 is 35.5 Å². The van der Waals surface area contributed by atoms with Gasteiger partial charge in [-0.3, -0.25) is 29.9 Å². The van der Waals surface area contributed by atoms with Crippen LogP contribution in [0.1, 0.15) is 15.9 Å². The van der Waals surface area contributed by atoms with Gasteiger partial charge in [0, 0.05) is 5.56 Å². The van der Waals surface area contributed by atoms with E-state index < -0.39 is 26.2 Å². The van der Waals surface area contributed by atoms with E-state index in [0.717, 1.165) is 29.5 Å². The molecule has 1 aliphatic heterocycles. The van der Waals surface area contributed by atoms with Crippen molar-refractivity contribution >= 4 is 54.8 Å². The van der Waals surface area contributed by atoms with Crippen LogP contribution in [-0.4, -0.2) is 74.7 Å². The average molecular weight is 566 g/mol. The van der Waals surface area contributed by atoms with E-state index in [2.05, 4.69) is 10.4 Å². The SMILES string of the molecule is CS(=O)(=O)O.CS(=O)(=O)O.N=C(N)c1ccc2cc(OC(=O)c3ccc(NN4C=NCC4)cc3)ccc2c1. The van der Waals surface area contributed by atoms with Crippen LogP contribution in [0, 0.1) is 5.41 Å². The van der Waals surface area contributed by atoms with Crippen molar-refractivity contribution in [3.05, 3.63) is 71.8 Å². The maximum atomic E-state index is 12.4. The number of amidine groups is 1. The smallest absolute Gasteiger partial charge is 0.343 e. The first-order valence-corrected chi connectivity index (χ1v) is 14.4. The number of rotatable bonds is 5. The van der Waals surface area contributed by atoms with Gasteiger partial charge in [-0.15, -0.1) is 0 Å². The molecular weight excluding hydrogens is 538 g/mol. The molecule has 0 saturated heterocycles. The van der Waals surface area contributed by atoms with Crippen molar-refractivity contribution in [1.82, 2.24) is 5.01 Å². The van der Waals surface area contributed by atoms with Crippen LogP contribution >= 0.6 is 0 Å². The van der Waals surface area contributed by atoms with Gasteiger partial charge in [-0.1, -0.05) is 18.2 Å². The fourth-order valence-electron chi connectivity index (χ4n) is 2.93. The van der Waals surface area contributed by atoms with Crippen LogP contribution in [0.4, 0.5) is 5.69 Å². The largest absolute Gasteiger partial charge is 0.423 e. The van der Waals surface area contributed by atoms with Crippen LogP contribution in [0.5, 0.6) is 5.75 Å². The van der Waals surface area contributed by atoms with E-state index in [1.807, 2.05) is 35.3 Å². The molecule has 0 fully saturated rings. The third-order valence-electron chi connectivity index (χ3n) is 4.42. The summed E-state index contributed by atoms with van der Waals surface area (Å²) in [5, 5.41) is 11.2. The van der Waals surface area contributed by atoms with Crippen LogP contribution in [0.2, 0.25) is 0 Å². The summed E-state index contributed by atoms with van der Waals surface area (Å²) in [6.07, 6.45) is 3.18. The minimum Gasteiger partial charge on any atom is -0.423 e. The van der Waals surface area contributed by atoms with Crippen molar-refractivity contribution in [2.75, 3.05) is 31.0 Å². The van der Waals surface area contributed by atoms with Crippen LogP contribution in [-0.2, 0) is 20.2 Å². The number of nitrogens with one attached hydrogen (secondary N) is 2. The molecule has 38 heavy (non-hydrogen) atoms. The number of fused-ring (bicyclic) bond motifs is 1. The highest BCUT2D eigenvalue weighted by atomic mass is 32.2. The van der Waals surface area contributed by atoms with Gasteiger partial charge in [0.15, 0.2) is 0 Å². The van der Waals surface area contributed by atoms with Crippen LogP contribution in [0.15, 0.2) is 65.7 Å². The summed E-state index contributed by atoms with van der Waals surface area (Å²) < 4.78 is 57.2. The molecule has 3 aromatic rings. The molecular formula is C23H27N5O8S2. The molecule has 4 rings (SSSR count). The first-order valence-electron chi connectivity index (χ1n) is 10.7. The standard InChI is InChI=1S/C21H19N5O2.2CH4O3S/c22-20(23)17-2-1-16-12-19(8-5-15(16)11-17)28-21(27)14-3-6-18(7-4-14)25-26-10-9-24-13-26;2*1-5(2,3)4/h1-8,11-13,25H,9-10H2,(H3,22,23);2*1H3,(H,2,3,4). The van der Waals surface area contributed by atoms with Crippen LogP contribution in [0.3, 0.4) is 0 Å².